The van der Waals surface area contributed by atoms with Crippen LogP contribution in [-0.4, -0.2) is 24.5 Å². The largest absolute Gasteiger partial charge is 0.491 e. The summed E-state index contributed by atoms with van der Waals surface area (Å²) < 4.78 is 87.3. The van der Waals surface area contributed by atoms with Gasteiger partial charge in [0.2, 0.25) is 5.82 Å². The zero-order valence-electron chi connectivity index (χ0n) is 20.3. The van der Waals surface area contributed by atoms with Gasteiger partial charge in [-0.25, -0.2) is 8.78 Å². The van der Waals surface area contributed by atoms with Crippen LogP contribution in [0.2, 0.25) is 5.02 Å². The van der Waals surface area contributed by atoms with Gasteiger partial charge in [0.15, 0.2) is 17.4 Å². The number of benzene rings is 3. The lowest BCUT2D eigenvalue weighted by atomic mass is 9.80. The highest BCUT2D eigenvalue weighted by molar-refractivity contribution is 6.31. The Labute approximate surface area is 221 Å². The summed E-state index contributed by atoms with van der Waals surface area (Å²) >= 11 is 5.88. The Hall–Kier alpha value is -3.20. The van der Waals surface area contributed by atoms with Gasteiger partial charge in [0.25, 0.3) is 5.91 Å². The third-order valence-electron chi connectivity index (χ3n) is 6.74. The lowest BCUT2D eigenvalue weighted by molar-refractivity contribution is -0.137. The zero-order valence-corrected chi connectivity index (χ0v) is 21.1. The summed E-state index contributed by atoms with van der Waals surface area (Å²) in [5.41, 5.74) is 0.219. The van der Waals surface area contributed by atoms with Crippen LogP contribution in [-0.2, 0) is 19.1 Å². The van der Waals surface area contributed by atoms with Crippen LogP contribution in [0.4, 0.5) is 26.3 Å². The summed E-state index contributed by atoms with van der Waals surface area (Å²) in [6, 6.07) is 10.7. The predicted octanol–water partition coefficient (Wildman–Crippen LogP) is 7.94. The summed E-state index contributed by atoms with van der Waals surface area (Å²) in [5, 5.41) is -0.274. The Kier molecular flexibility index (Phi) is 8.25. The van der Waals surface area contributed by atoms with Crippen molar-refractivity contribution in [2.45, 2.75) is 44.3 Å². The van der Waals surface area contributed by atoms with Crippen LogP contribution in [0.3, 0.4) is 0 Å². The van der Waals surface area contributed by atoms with Crippen LogP contribution in [0.1, 0.15) is 57.8 Å². The number of amides is 1. The molecule has 0 aromatic heterocycles. The molecule has 4 rings (SSSR count). The molecule has 38 heavy (non-hydrogen) atoms. The SMILES string of the molecule is COc1c(F)c(F)cc(CCN(Cc2ccc(C3CCC3)cc2)C(=O)c2cc(Cl)cc(C(F)(F)F)c2)c1F. The van der Waals surface area contributed by atoms with Crippen LogP contribution in [0, 0.1) is 17.5 Å². The molecule has 0 bridgehead atoms. The van der Waals surface area contributed by atoms with Crippen molar-refractivity contribution >= 4 is 17.5 Å². The number of methoxy groups -OCH3 is 1. The van der Waals surface area contributed by atoms with E-state index >= 15 is 0 Å². The second-order valence-electron chi connectivity index (χ2n) is 9.25. The van der Waals surface area contributed by atoms with E-state index in [0.29, 0.717) is 29.7 Å². The van der Waals surface area contributed by atoms with Crippen LogP contribution in [0.15, 0.2) is 48.5 Å². The Balaban J connectivity index is 1.64. The summed E-state index contributed by atoms with van der Waals surface area (Å²) in [4.78, 5) is 14.6. The van der Waals surface area contributed by atoms with Crippen LogP contribution in [0.25, 0.3) is 0 Å². The minimum atomic E-state index is -4.73. The quantitative estimate of drug-likeness (QED) is 0.209. The van der Waals surface area contributed by atoms with E-state index < -0.39 is 40.8 Å². The number of alkyl halides is 3. The Bertz CT molecular complexity index is 1320. The molecule has 1 saturated carbocycles. The first-order chi connectivity index (χ1) is 18.0. The molecule has 0 atom stereocenters. The highest BCUT2D eigenvalue weighted by Crippen LogP contribution is 2.36. The van der Waals surface area contributed by atoms with Gasteiger partial charge in [-0.3, -0.25) is 4.79 Å². The lowest BCUT2D eigenvalue weighted by Crippen LogP contribution is -2.33. The maximum atomic E-state index is 14.7. The lowest BCUT2D eigenvalue weighted by Gasteiger charge is -2.27. The molecule has 0 spiro atoms. The summed E-state index contributed by atoms with van der Waals surface area (Å²) in [5.74, 6) is -5.12. The van der Waals surface area contributed by atoms with Gasteiger partial charge >= 0.3 is 6.18 Å². The van der Waals surface area contributed by atoms with E-state index in [1.165, 1.54) is 16.9 Å². The van der Waals surface area contributed by atoms with E-state index in [-0.39, 0.29) is 35.7 Å². The summed E-state index contributed by atoms with van der Waals surface area (Å²) in [6.45, 7) is -0.220. The second-order valence-corrected chi connectivity index (χ2v) is 9.69. The van der Waals surface area contributed by atoms with E-state index in [2.05, 4.69) is 4.74 Å². The van der Waals surface area contributed by atoms with E-state index in [1.54, 1.807) is 0 Å². The highest BCUT2D eigenvalue weighted by atomic mass is 35.5. The van der Waals surface area contributed by atoms with Crippen molar-refractivity contribution in [3.63, 3.8) is 0 Å². The number of rotatable bonds is 8. The van der Waals surface area contributed by atoms with E-state index in [4.69, 9.17) is 11.6 Å². The Morgan fingerprint density at radius 2 is 1.71 bits per heavy atom. The molecule has 0 saturated heterocycles. The minimum absolute atomic E-state index is 0.0138. The van der Waals surface area contributed by atoms with Crippen LogP contribution in [0.5, 0.6) is 5.75 Å². The molecule has 0 N–H and O–H groups in total. The van der Waals surface area contributed by atoms with Gasteiger partial charge < -0.3 is 9.64 Å². The first-order valence-corrected chi connectivity index (χ1v) is 12.3. The molecule has 3 aromatic carbocycles. The van der Waals surface area contributed by atoms with E-state index in [1.807, 2.05) is 24.3 Å². The molecule has 202 valence electrons. The number of nitrogens with zero attached hydrogens (tertiary/aromatic N) is 1. The van der Waals surface area contributed by atoms with Gasteiger partial charge in [-0.05, 0) is 66.1 Å². The van der Waals surface area contributed by atoms with Gasteiger partial charge in [0.1, 0.15) is 0 Å². The maximum absolute atomic E-state index is 14.7. The van der Waals surface area contributed by atoms with Crippen molar-refractivity contribution in [1.29, 1.82) is 0 Å². The van der Waals surface area contributed by atoms with Crippen molar-refractivity contribution in [2.75, 3.05) is 13.7 Å². The minimum Gasteiger partial charge on any atom is -0.491 e. The van der Waals surface area contributed by atoms with Gasteiger partial charge in [-0.15, -0.1) is 0 Å². The molecule has 1 aliphatic rings. The van der Waals surface area contributed by atoms with Crippen LogP contribution < -0.4 is 4.74 Å². The summed E-state index contributed by atoms with van der Waals surface area (Å²) in [6.07, 6.45) is -1.61. The molecule has 1 fully saturated rings. The number of hydrogen-bond donors (Lipinski definition) is 0. The van der Waals surface area contributed by atoms with Gasteiger partial charge in [-0.2, -0.15) is 17.6 Å². The van der Waals surface area contributed by atoms with Crippen molar-refractivity contribution in [3.8, 4) is 5.75 Å². The molecule has 0 aliphatic heterocycles. The molecule has 0 radical (unpaired) electrons. The fraction of sp³-hybridized carbons (Fsp3) is 0.321. The standard InChI is InChI=1S/C28H24ClF6NO2/c1-38-26-24(31)19(13-23(30)25(26)32)9-10-36(15-16-5-7-18(8-6-16)17-3-2-4-17)27(37)20-11-21(28(33,34)35)14-22(29)12-20/h5-8,11-14,17H,2-4,9-10,15H2,1H3. The van der Waals surface area contributed by atoms with Crippen molar-refractivity contribution in [2.24, 2.45) is 0 Å². The third kappa shape index (κ3) is 6.09. The van der Waals surface area contributed by atoms with Gasteiger partial charge in [0.05, 0.1) is 12.7 Å². The molecule has 1 amide bonds. The highest BCUT2D eigenvalue weighted by Gasteiger charge is 2.32. The average Bonchev–Trinajstić information content (AvgIpc) is 2.83. The monoisotopic (exact) mass is 555 g/mol. The molecule has 10 heteroatoms. The van der Waals surface area contributed by atoms with E-state index in [9.17, 15) is 31.1 Å². The normalized spacial score (nSPS) is 13.8. The first-order valence-electron chi connectivity index (χ1n) is 11.9. The fourth-order valence-electron chi connectivity index (χ4n) is 4.42. The number of carbonyl (C=O) groups excluding carboxylic acids is 1. The van der Waals surface area contributed by atoms with Crippen molar-refractivity contribution in [3.05, 3.63) is 98.8 Å². The Morgan fingerprint density at radius 1 is 1.03 bits per heavy atom. The zero-order chi connectivity index (χ0) is 27.6. The molecule has 0 unspecified atom stereocenters. The number of ether oxygens (including phenoxy) is 1. The molecule has 1 aliphatic carbocycles. The van der Waals surface area contributed by atoms with Crippen molar-refractivity contribution < 1.29 is 35.9 Å². The summed E-state index contributed by atoms with van der Waals surface area (Å²) in [7, 11) is 0.991. The molecular weight excluding hydrogens is 532 g/mol. The molecule has 3 aromatic rings. The van der Waals surface area contributed by atoms with Crippen LogP contribution >= 0.6 is 11.6 Å². The molecule has 0 heterocycles. The number of carbonyl (C=O) groups is 1. The molecular formula is C28H24ClF6NO2. The fourth-order valence-corrected chi connectivity index (χ4v) is 4.65. The number of hydrogen-bond acceptors (Lipinski definition) is 2. The van der Waals surface area contributed by atoms with E-state index in [0.717, 1.165) is 26.0 Å². The maximum Gasteiger partial charge on any atom is 0.416 e. The predicted molar refractivity (Wildman–Crippen MR) is 131 cm³/mol. The first kappa shape index (κ1) is 27.8. The Morgan fingerprint density at radius 3 is 2.29 bits per heavy atom. The average molecular weight is 556 g/mol. The smallest absolute Gasteiger partial charge is 0.416 e. The second kappa shape index (κ2) is 11.3. The van der Waals surface area contributed by atoms with Gasteiger partial charge in [-0.1, -0.05) is 42.3 Å². The molecule has 3 nitrogen and oxygen atoms in total. The van der Waals surface area contributed by atoms with Gasteiger partial charge in [0, 0.05) is 23.7 Å². The topological polar surface area (TPSA) is 29.5 Å². The number of halogens is 7. The third-order valence-corrected chi connectivity index (χ3v) is 6.95. The van der Waals surface area contributed by atoms with Crippen molar-refractivity contribution in [1.82, 2.24) is 4.90 Å².